The molecule has 98 valence electrons. The lowest BCUT2D eigenvalue weighted by Crippen LogP contribution is -2.10. The summed E-state index contributed by atoms with van der Waals surface area (Å²) in [5.74, 6) is -1.12. The maximum absolute atomic E-state index is 13.0. The molecule has 1 aromatic carbocycles. The zero-order valence-corrected chi connectivity index (χ0v) is 10.7. The fourth-order valence-electron chi connectivity index (χ4n) is 1.49. The number of nitrogens with two attached hydrogens (primary N) is 1. The van der Waals surface area contributed by atoms with E-state index in [9.17, 15) is 8.78 Å². The minimum absolute atomic E-state index is 0.277. The minimum atomic E-state index is -0.865. The van der Waals surface area contributed by atoms with Gasteiger partial charge in [0, 0.05) is 18.3 Å². The fraction of sp³-hybridized carbons (Fsp3) is 0.0769. The molecule has 0 amide bonds. The van der Waals surface area contributed by atoms with Crippen LogP contribution in [-0.2, 0) is 6.54 Å². The van der Waals surface area contributed by atoms with Crippen LogP contribution in [0.15, 0.2) is 36.5 Å². The molecule has 0 spiro atoms. The van der Waals surface area contributed by atoms with E-state index in [-0.39, 0.29) is 4.99 Å². The monoisotopic (exact) mass is 279 g/mol. The summed E-state index contributed by atoms with van der Waals surface area (Å²) in [6, 6.07) is 7.20. The Morgan fingerprint density at radius 2 is 2.00 bits per heavy atom. The molecule has 2 rings (SSSR count). The molecule has 0 saturated carbocycles. The lowest BCUT2D eigenvalue weighted by atomic mass is 10.2. The van der Waals surface area contributed by atoms with Gasteiger partial charge in [0.25, 0.3) is 0 Å². The van der Waals surface area contributed by atoms with Gasteiger partial charge in [-0.3, -0.25) is 0 Å². The predicted molar refractivity (Wildman–Crippen MR) is 73.8 cm³/mol. The molecule has 0 unspecified atom stereocenters. The molecule has 3 N–H and O–H groups in total. The molecule has 19 heavy (non-hydrogen) atoms. The molecule has 0 radical (unpaired) electrons. The van der Waals surface area contributed by atoms with Crippen molar-refractivity contribution in [2.75, 3.05) is 5.32 Å². The Bertz CT molecular complexity index is 599. The number of anilines is 1. The zero-order chi connectivity index (χ0) is 13.8. The van der Waals surface area contributed by atoms with Crippen molar-refractivity contribution < 1.29 is 8.78 Å². The number of pyridine rings is 1. The number of thiocarbonyl (C=S) groups is 1. The highest BCUT2D eigenvalue weighted by atomic mass is 32.1. The molecule has 2 aromatic rings. The van der Waals surface area contributed by atoms with E-state index < -0.39 is 11.6 Å². The molecule has 0 atom stereocenters. The largest absolute Gasteiger partial charge is 0.389 e. The lowest BCUT2D eigenvalue weighted by molar-refractivity contribution is 0.507. The van der Waals surface area contributed by atoms with Gasteiger partial charge in [0.05, 0.1) is 0 Å². The third-order valence-electron chi connectivity index (χ3n) is 2.51. The number of halogens is 2. The average Bonchev–Trinajstić information content (AvgIpc) is 2.40. The van der Waals surface area contributed by atoms with Gasteiger partial charge in [0.15, 0.2) is 11.6 Å². The van der Waals surface area contributed by atoms with Crippen LogP contribution in [0.2, 0.25) is 0 Å². The number of nitrogens with one attached hydrogen (secondary N) is 1. The fourth-order valence-corrected chi connectivity index (χ4v) is 1.61. The maximum Gasteiger partial charge on any atom is 0.159 e. The van der Waals surface area contributed by atoms with E-state index >= 15 is 0 Å². The van der Waals surface area contributed by atoms with Crippen LogP contribution < -0.4 is 11.1 Å². The Labute approximate surface area is 114 Å². The van der Waals surface area contributed by atoms with E-state index in [1.807, 2.05) is 0 Å². The summed E-state index contributed by atoms with van der Waals surface area (Å²) in [5, 5.41) is 2.99. The van der Waals surface area contributed by atoms with Gasteiger partial charge in [-0.2, -0.15) is 0 Å². The first kappa shape index (κ1) is 13.4. The van der Waals surface area contributed by atoms with Crippen LogP contribution in [0.4, 0.5) is 14.6 Å². The van der Waals surface area contributed by atoms with Crippen molar-refractivity contribution in [3.63, 3.8) is 0 Å². The van der Waals surface area contributed by atoms with Crippen molar-refractivity contribution in [1.82, 2.24) is 4.98 Å². The second-order valence-corrected chi connectivity index (χ2v) is 4.34. The van der Waals surface area contributed by atoms with E-state index in [4.69, 9.17) is 18.0 Å². The average molecular weight is 279 g/mol. The third kappa shape index (κ3) is 3.45. The van der Waals surface area contributed by atoms with Crippen molar-refractivity contribution in [1.29, 1.82) is 0 Å². The molecule has 3 nitrogen and oxygen atoms in total. The summed E-state index contributed by atoms with van der Waals surface area (Å²) in [6.45, 7) is 0.344. The van der Waals surface area contributed by atoms with Gasteiger partial charge < -0.3 is 11.1 Å². The number of hydrogen-bond acceptors (Lipinski definition) is 3. The van der Waals surface area contributed by atoms with Crippen LogP contribution >= 0.6 is 12.2 Å². The highest BCUT2D eigenvalue weighted by molar-refractivity contribution is 7.80. The van der Waals surface area contributed by atoms with Gasteiger partial charge in [0.2, 0.25) is 0 Å². The Hall–Kier alpha value is -2.08. The highest BCUT2D eigenvalue weighted by Gasteiger charge is 2.03. The molecule has 0 aliphatic heterocycles. The van der Waals surface area contributed by atoms with Crippen LogP contribution in [0, 0.1) is 11.6 Å². The summed E-state index contributed by atoms with van der Waals surface area (Å²) >= 11 is 4.81. The van der Waals surface area contributed by atoms with Gasteiger partial charge in [-0.05, 0) is 29.8 Å². The van der Waals surface area contributed by atoms with E-state index in [1.165, 1.54) is 6.07 Å². The smallest absolute Gasteiger partial charge is 0.159 e. The van der Waals surface area contributed by atoms with Gasteiger partial charge in [0.1, 0.15) is 10.8 Å². The normalized spacial score (nSPS) is 10.2. The molecule has 0 fully saturated rings. The maximum atomic E-state index is 13.0. The number of nitrogens with zero attached hydrogens (tertiary/aromatic N) is 1. The lowest BCUT2D eigenvalue weighted by Gasteiger charge is -2.06. The minimum Gasteiger partial charge on any atom is -0.389 e. The SMILES string of the molecule is NC(=S)c1ccc(NCc2ccc(F)c(F)c2)nc1. The molecular formula is C13H11F2N3S. The van der Waals surface area contributed by atoms with Crippen molar-refractivity contribution in [3.05, 3.63) is 59.3 Å². The third-order valence-corrected chi connectivity index (χ3v) is 2.74. The van der Waals surface area contributed by atoms with E-state index in [1.54, 1.807) is 18.3 Å². The standard InChI is InChI=1S/C13H11F2N3S/c14-10-3-1-8(5-11(10)15)6-17-12-4-2-9(7-18-12)13(16)19/h1-5,7H,6H2,(H2,16,19)(H,17,18). The van der Waals surface area contributed by atoms with Crippen LogP contribution in [0.25, 0.3) is 0 Å². The van der Waals surface area contributed by atoms with Crippen molar-refractivity contribution in [2.45, 2.75) is 6.54 Å². The van der Waals surface area contributed by atoms with Gasteiger partial charge in [-0.25, -0.2) is 13.8 Å². The Morgan fingerprint density at radius 1 is 1.21 bits per heavy atom. The number of aromatic nitrogens is 1. The quantitative estimate of drug-likeness (QED) is 0.845. The molecule has 1 aromatic heterocycles. The topological polar surface area (TPSA) is 50.9 Å². The van der Waals surface area contributed by atoms with Crippen molar-refractivity contribution in [2.24, 2.45) is 5.73 Å². The predicted octanol–water partition coefficient (Wildman–Crippen LogP) is 2.61. The molecular weight excluding hydrogens is 268 g/mol. The highest BCUT2D eigenvalue weighted by Crippen LogP contribution is 2.11. The van der Waals surface area contributed by atoms with Crippen molar-refractivity contribution >= 4 is 23.0 Å². The van der Waals surface area contributed by atoms with Crippen LogP contribution in [0.1, 0.15) is 11.1 Å². The Kier molecular flexibility index (Phi) is 4.01. The summed E-state index contributed by atoms with van der Waals surface area (Å²) in [7, 11) is 0. The van der Waals surface area contributed by atoms with E-state index in [0.717, 1.165) is 12.1 Å². The molecule has 0 aliphatic rings. The van der Waals surface area contributed by atoms with Crippen LogP contribution in [0.3, 0.4) is 0 Å². The molecule has 6 heteroatoms. The van der Waals surface area contributed by atoms with Gasteiger partial charge in [-0.15, -0.1) is 0 Å². The Morgan fingerprint density at radius 3 is 2.58 bits per heavy atom. The summed E-state index contributed by atoms with van der Waals surface area (Å²) in [6.07, 6.45) is 1.55. The molecule has 0 aliphatic carbocycles. The van der Waals surface area contributed by atoms with Crippen molar-refractivity contribution in [3.8, 4) is 0 Å². The molecule has 1 heterocycles. The van der Waals surface area contributed by atoms with Crippen LogP contribution in [-0.4, -0.2) is 9.97 Å². The zero-order valence-electron chi connectivity index (χ0n) is 9.86. The second kappa shape index (κ2) is 5.71. The number of rotatable bonds is 4. The van der Waals surface area contributed by atoms with E-state index in [2.05, 4.69) is 10.3 Å². The molecule has 0 saturated heterocycles. The summed E-state index contributed by atoms with van der Waals surface area (Å²) in [4.78, 5) is 4.39. The van der Waals surface area contributed by atoms with Crippen LogP contribution in [0.5, 0.6) is 0 Å². The summed E-state index contributed by atoms with van der Waals surface area (Å²) in [5.41, 5.74) is 6.75. The van der Waals surface area contributed by atoms with Gasteiger partial charge in [-0.1, -0.05) is 18.3 Å². The number of benzene rings is 1. The molecule has 0 bridgehead atoms. The Balaban J connectivity index is 2.01. The summed E-state index contributed by atoms with van der Waals surface area (Å²) < 4.78 is 25.8. The van der Waals surface area contributed by atoms with Gasteiger partial charge >= 0.3 is 0 Å². The first-order valence-corrected chi connectivity index (χ1v) is 5.91. The second-order valence-electron chi connectivity index (χ2n) is 3.90. The first-order valence-electron chi connectivity index (χ1n) is 5.50. The number of hydrogen-bond donors (Lipinski definition) is 2. The van der Waals surface area contributed by atoms with E-state index in [0.29, 0.717) is 23.5 Å². The first-order chi connectivity index (χ1) is 9.06.